The van der Waals surface area contributed by atoms with E-state index in [2.05, 4.69) is 25.5 Å². The van der Waals surface area contributed by atoms with Crippen molar-refractivity contribution in [3.05, 3.63) is 53.0 Å². The summed E-state index contributed by atoms with van der Waals surface area (Å²) in [6, 6.07) is 5.63. The van der Waals surface area contributed by atoms with E-state index in [0.717, 1.165) is 0 Å². The third kappa shape index (κ3) is 4.00. The van der Waals surface area contributed by atoms with Gasteiger partial charge in [-0.25, -0.2) is 4.98 Å². The van der Waals surface area contributed by atoms with Crippen LogP contribution >= 0.6 is 11.8 Å². The molecular weight excluding hydrogens is 358 g/mol. The predicted molar refractivity (Wildman–Crippen MR) is 94.5 cm³/mol. The van der Waals surface area contributed by atoms with Crippen molar-refractivity contribution >= 4 is 29.0 Å². The Bertz CT molecular complexity index is 928. The Hall–Kier alpha value is -3.34. The second-order valence-electron chi connectivity index (χ2n) is 5.10. The molecule has 0 bridgehead atoms. The van der Waals surface area contributed by atoms with Crippen molar-refractivity contribution in [1.82, 2.24) is 24.7 Å². The number of carbonyl (C=O) groups is 1. The summed E-state index contributed by atoms with van der Waals surface area (Å²) in [5.41, 5.74) is 1.04. The van der Waals surface area contributed by atoms with Crippen LogP contribution in [0.1, 0.15) is 0 Å². The molecule has 1 aromatic carbocycles. The van der Waals surface area contributed by atoms with E-state index in [1.807, 2.05) is 0 Å². The van der Waals surface area contributed by atoms with Crippen LogP contribution in [0.15, 0.2) is 48.0 Å². The molecule has 0 unspecified atom stereocenters. The van der Waals surface area contributed by atoms with E-state index in [9.17, 15) is 14.9 Å². The maximum atomic E-state index is 12.0. The molecule has 0 saturated heterocycles. The highest BCUT2D eigenvalue weighted by Crippen LogP contribution is 2.21. The molecule has 0 saturated carbocycles. The van der Waals surface area contributed by atoms with E-state index in [-0.39, 0.29) is 17.3 Å². The number of hydrogen-bond donors (Lipinski definition) is 1. The topological polar surface area (TPSA) is 129 Å². The SMILES string of the molecule is Cn1c(SCC(=O)Nc2ccc([N+](=O)[O-])cc2)nnc1-c1cnccn1. The predicted octanol–water partition coefficient (Wildman–Crippen LogP) is 1.91. The number of nitro groups is 1. The van der Waals surface area contributed by atoms with Crippen LogP contribution in [-0.2, 0) is 11.8 Å². The zero-order chi connectivity index (χ0) is 18.5. The zero-order valence-electron chi connectivity index (χ0n) is 13.6. The standard InChI is InChI=1S/C15H13N7O3S/c1-21-14(12-8-16-6-7-17-12)19-20-15(21)26-9-13(23)18-10-2-4-11(5-3-10)22(24)25/h2-8H,9H2,1H3,(H,18,23). The number of amides is 1. The first-order valence-electron chi connectivity index (χ1n) is 7.37. The second kappa shape index (κ2) is 7.70. The lowest BCUT2D eigenvalue weighted by molar-refractivity contribution is -0.384. The number of nitro benzene ring substituents is 1. The fourth-order valence-electron chi connectivity index (χ4n) is 2.07. The van der Waals surface area contributed by atoms with E-state index >= 15 is 0 Å². The third-order valence-corrected chi connectivity index (χ3v) is 4.34. The number of aromatic nitrogens is 5. The molecule has 1 amide bonds. The van der Waals surface area contributed by atoms with Crippen molar-refractivity contribution in [2.24, 2.45) is 7.05 Å². The van der Waals surface area contributed by atoms with Gasteiger partial charge in [0.2, 0.25) is 5.91 Å². The lowest BCUT2D eigenvalue weighted by Crippen LogP contribution is -2.14. The van der Waals surface area contributed by atoms with Crippen LogP contribution in [0.2, 0.25) is 0 Å². The smallest absolute Gasteiger partial charge is 0.269 e. The van der Waals surface area contributed by atoms with Crippen molar-refractivity contribution in [2.45, 2.75) is 5.16 Å². The van der Waals surface area contributed by atoms with E-state index < -0.39 is 4.92 Å². The van der Waals surface area contributed by atoms with E-state index in [0.29, 0.717) is 22.4 Å². The summed E-state index contributed by atoms with van der Waals surface area (Å²) in [6.07, 6.45) is 4.71. The summed E-state index contributed by atoms with van der Waals surface area (Å²) in [7, 11) is 1.78. The molecule has 2 heterocycles. The normalized spacial score (nSPS) is 10.5. The highest BCUT2D eigenvalue weighted by molar-refractivity contribution is 7.99. The molecule has 11 heteroatoms. The van der Waals surface area contributed by atoms with Crippen LogP contribution in [0.5, 0.6) is 0 Å². The Morgan fingerprint density at radius 1 is 1.27 bits per heavy atom. The minimum atomic E-state index is -0.496. The molecule has 0 fully saturated rings. The Morgan fingerprint density at radius 3 is 2.69 bits per heavy atom. The molecule has 0 aliphatic carbocycles. The van der Waals surface area contributed by atoms with Gasteiger partial charge >= 0.3 is 0 Å². The average Bonchev–Trinajstić information content (AvgIpc) is 3.02. The summed E-state index contributed by atoms with van der Waals surface area (Å²) >= 11 is 1.22. The first-order valence-corrected chi connectivity index (χ1v) is 8.36. The van der Waals surface area contributed by atoms with Gasteiger partial charge in [-0.05, 0) is 12.1 Å². The molecule has 132 valence electrons. The molecule has 3 aromatic rings. The first kappa shape index (κ1) is 17.5. The van der Waals surface area contributed by atoms with Crippen LogP contribution in [0.25, 0.3) is 11.5 Å². The van der Waals surface area contributed by atoms with Gasteiger partial charge in [0.05, 0.1) is 16.9 Å². The molecule has 0 spiro atoms. The Kier molecular flexibility index (Phi) is 5.17. The van der Waals surface area contributed by atoms with Gasteiger partial charge in [0.15, 0.2) is 11.0 Å². The molecule has 0 radical (unpaired) electrons. The van der Waals surface area contributed by atoms with Crippen LogP contribution in [0.3, 0.4) is 0 Å². The minimum absolute atomic E-state index is 0.0343. The van der Waals surface area contributed by atoms with Gasteiger partial charge in [-0.1, -0.05) is 11.8 Å². The third-order valence-electron chi connectivity index (χ3n) is 3.32. The highest BCUT2D eigenvalue weighted by atomic mass is 32.2. The van der Waals surface area contributed by atoms with Gasteiger partial charge in [0.1, 0.15) is 5.69 Å². The fourth-order valence-corrected chi connectivity index (χ4v) is 2.78. The van der Waals surface area contributed by atoms with Gasteiger partial charge in [-0.2, -0.15) is 0 Å². The minimum Gasteiger partial charge on any atom is -0.325 e. The number of thioether (sulfide) groups is 1. The van der Waals surface area contributed by atoms with Crippen LogP contribution < -0.4 is 5.32 Å². The van der Waals surface area contributed by atoms with Crippen LogP contribution in [0, 0.1) is 10.1 Å². The van der Waals surface area contributed by atoms with Crippen LogP contribution in [0.4, 0.5) is 11.4 Å². The highest BCUT2D eigenvalue weighted by Gasteiger charge is 2.14. The first-order chi connectivity index (χ1) is 12.5. The van der Waals surface area contributed by atoms with Gasteiger partial charge in [0.25, 0.3) is 5.69 Å². The maximum absolute atomic E-state index is 12.0. The van der Waals surface area contributed by atoms with Gasteiger partial charge in [0, 0.05) is 37.3 Å². The van der Waals surface area contributed by atoms with Crippen molar-refractivity contribution in [1.29, 1.82) is 0 Å². The Labute approximate surface area is 151 Å². The summed E-state index contributed by atoms with van der Waals surface area (Å²) in [5.74, 6) is 0.410. The summed E-state index contributed by atoms with van der Waals surface area (Å²) < 4.78 is 1.73. The molecule has 0 aliphatic rings. The largest absolute Gasteiger partial charge is 0.325 e. The van der Waals surface area contributed by atoms with E-state index in [1.54, 1.807) is 30.2 Å². The van der Waals surface area contributed by atoms with Gasteiger partial charge < -0.3 is 9.88 Å². The average molecular weight is 371 g/mol. The summed E-state index contributed by atoms with van der Waals surface area (Å²) in [4.78, 5) is 30.3. The number of anilines is 1. The van der Waals surface area contributed by atoms with E-state index in [4.69, 9.17) is 0 Å². The number of benzene rings is 1. The summed E-state index contributed by atoms with van der Waals surface area (Å²) in [5, 5.41) is 22.0. The molecule has 26 heavy (non-hydrogen) atoms. The van der Waals surface area contributed by atoms with E-state index in [1.165, 1.54) is 36.0 Å². The lowest BCUT2D eigenvalue weighted by atomic mass is 10.3. The van der Waals surface area contributed by atoms with Crippen LogP contribution in [-0.4, -0.2) is 41.3 Å². The molecule has 3 rings (SSSR count). The van der Waals surface area contributed by atoms with Crippen molar-refractivity contribution in [2.75, 3.05) is 11.1 Å². The number of carbonyl (C=O) groups excluding carboxylic acids is 1. The monoisotopic (exact) mass is 371 g/mol. The lowest BCUT2D eigenvalue weighted by Gasteiger charge is -2.05. The number of nitrogens with one attached hydrogen (secondary N) is 1. The quantitative estimate of drug-likeness (QED) is 0.395. The Morgan fingerprint density at radius 2 is 2.04 bits per heavy atom. The van der Waals surface area contributed by atoms with Gasteiger partial charge in [-0.15, -0.1) is 10.2 Å². The van der Waals surface area contributed by atoms with Crippen molar-refractivity contribution in [3.8, 4) is 11.5 Å². The second-order valence-corrected chi connectivity index (χ2v) is 6.04. The molecular formula is C15H13N7O3S. The maximum Gasteiger partial charge on any atom is 0.269 e. The molecule has 0 atom stereocenters. The number of rotatable bonds is 6. The number of hydrogen-bond acceptors (Lipinski definition) is 8. The Balaban J connectivity index is 1.60. The van der Waals surface area contributed by atoms with Crippen molar-refractivity contribution < 1.29 is 9.72 Å². The van der Waals surface area contributed by atoms with Gasteiger partial charge in [-0.3, -0.25) is 19.9 Å². The number of non-ortho nitro benzene ring substituents is 1. The molecule has 2 aromatic heterocycles. The van der Waals surface area contributed by atoms with Crippen molar-refractivity contribution in [3.63, 3.8) is 0 Å². The molecule has 1 N–H and O–H groups in total. The molecule has 0 aliphatic heterocycles. The number of nitrogens with zero attached hydrogens (tertiary/aromatic N) is 6. The fraction of sp³-hybridized carbons (Fsp3) is 0.133. The molecule has 10 nitrogen and oxygen atoms in total. The zero-order valence-corrected chi connectivity index (χ0v) is 14.4. The summed E-state index contributed by atoms with van der Waals surface area (Å²) in [6.45, 7) is 0.